The molecule has 0 bridgehead atoms. The average molecular weight is 284 g/mol. The number of hydrogen-bond acceptors (Lipinski definition) is 5. The molecule has 6 heteroatoms. The normalized spacial score (nSPS) is 18.0. The minimum absolute atomic E-state index is 0.619. The lowest BCUT2D eigenvalue weighted by Gasteiger charge is -2.10. The Balaban J connectivity index is 1.53. The van der Waals surface area contributed by atoms with Crippen molar-refractivity contribution < 1.29 is 0 Å². The van der Waals surface area contributed by atoms with Crippen LogP contribution in [0.15, 0.2) is 6.20 Å². The van der Waals surface area contributed by atoms with E-state index in [2.05, 4.69) is 30.0 Å². The smallest absolute Gasteiger partial charge is 0.223 e. The second-order valence-corrected chi connectivity index (χ2v) is 6.17. The molecule has 0 spiro atoms. The third-order valence-electron chi connectivity index (χ3n) is 4.28. The maximum Gasteiger partial charge on any atom is 0.223 e. The summed E-state index contributed by atoms with van der Waals surface area (Å²) < 4.78 is 2.35. The van der Waals surface area contributed by atoms with Gasteiger partial charge in [0.1, 0.15) is 5.82 Å². The zero-order chi connectivity index (χ0) is 14.4. The zero-order valence-corrected chi connectivity index (χ0v) is 12.5. The van der Waals surface area contributed by atoms with Gasteiger partial charge in [-0.25, -0.2) is 9.97 Å². The van der Waals surface area contributed by atoms with E-state index in [9.17, 15) is 0 Å². The summed E-state index contributed by atoms with van der Waals surface area (Å²) in [5.41, 5.74) is 2.12. The molecule has 2 aromatic rings. The van der Waals surface area contributed by atoms with Crippen LogP contribution in [-0.4, -0.2) is 24.7 Å². The monoisotopic (exact) mass is 284 g/mol. The van der Waals surface area contributed by atoms with Gasteiger partial charge >= 0.3 is 0 Å². The van der Waals surface area contributed by atoms with Crippen LogP contribution < -0.4 is 5.32 Å². The molecule has 0 saturated heterocycles. The molecule has 110 valence electrons. The van der Waals surface area contributed by atoms with Crippen molar-refractivity contribution in [3.05, 3.63) is 29.1 Å². The van der Waals surface area contributed by atoms with Crippen LogP contribution in [0.1, 0.15) is 60.5 Å². The van der Waals surface area contributed by atoms with E-state index >= 15 is 0 Å². The Labute approximate surface area is 124 Å². The highest BCUT2D eigenvalue weighted by Gasteiger charge is 2.36. The summed E-state index contributed by atoms with van der Waals surface area (Å²) in [6, 6.07) is 0.619. The second-order valence-electron chi connectivity index (χ2n) is 6.17. The van der Waals surface area contributed by atoms with E-state index in [0.29, 0.717) is 24.5 Å². The predicted octanol–water partition coefficient (Wildman–Crippen LogP) is 2.51. The fraction of sp³-hybridized carbons (Fsp3) is 0.600. The second kappa shape index (κ2) is 4.79. The molecule has 0 aliphatic heterocycles. The van der Waals surface area contributed by atoms with Gasteiger partial charge in [-0.05, 0) is 45.1 Å². The number of aryl methyl sites for hydroxylation is 2. The summed E-state index contributed by atoms with van der Waals surface area (Å²) in [6.45, 7) is 4.66. The van der Waals surface area contributed by atoms with E-state index in [1.54, 1.807) is 0 Å². The first kappa shape index (κ1) is 12.7. The lowest BCUT2D eigenvalue weighted by Crippen LogP contribution is -2.11. The van der Waals surface area contributed by atoms with Gasteiger partial charge in [-0.1, -0.05) is 0 Å². The first-order valence-corrected chi connectivity index (χ1v) is 7.70. The molecule has 1 N–H and O–H groups in total. The summed E-state index contributed by atoms with van der Waals surface area (Å²) in [4.78, 5) is 8.77. The molecule has 2 aromatic heterocycles. The number of hydrogen-bond donors (Lipinski definition) is 1. The largest absolute Gasteiger partial charge is 0.347 e. The maximum atomic E-state index is 4.45. The molecule has 0 unspecified atom stereocenters. The molecule has 0 aromatic carbocycles. The molecule has 0 amide bonds. The molecule has 0 atom stereocenters. The predicted molar refractivity (Wildman–Crippen MR) is 79.1 cm³/mol. The number of rotatable bonds is 5. The molecule has 0 radical (unpaired) electrons. The van der Waals surface area contributed by atoms with Gasteiger partial charge in [0.25, 0.3) is 0 Å². The Kier molecular flexibility index (Phi) is 2.90. The van der Waals surface area contributed by atoms with Crippen LogP contribution in [0.3, 0.4) is 0 Å². The highest BCUT2D eigenvalue weighted by Crippen LogP contribution is 2.44. The Bertz CT molecular complexity index is 669. The molecule has 2 aliphatic carbocycles. The quantitative estimate of drug-likeness (QED) is 0.913. The highest BCUT2D eigenvalue weighted by atomic mass is 15.3. The lowest BCUT2D eigenvalue weighted by molar-refractivity contribution is 0.649. The van der Waals surface area contributed by atoms with Crippen molar-refractivity contribution in [1.82, 2.24) is 24.7 Å². The minimum atomic E-state index is 0.619. The number of nitrogens with zero attached hydrogens (tertiary/aromatic N) is 5. The van der Waals surface area contributed by atoms with Crippen molar-refractivity contribution in [3.8, 4) is 0 Å². The van der Waals surface area contributed by atoms with Gasteiger partial charge in [-0.2, -0.15) is 0 Å². The fourth-order valence-corrected chi connectivity index (χ4v) is 2.58. The maximum absolute atomic E-state index is 4.45. The van der Waals surface area contributed by atoms with E-state index < -0.39 is 0 Å². The number of nitrogens with one attached hydrogen (secondary N) is 1. The summed E-state index contributed by atoms with van der Waals surface area (Å²) in [6.07, 6.45) is 6.89. The van der Waals surface area contributed by atoms with E-state index in [4.69, 9.17) is 0 Å². The lowest BCUT2D eigenvalue weighted by atomic mass is 10.3. The summed E-state index contributed by atoms with van der Waals surface area (Å²) >= 11 is 0. The molecule has 2 aliphatic rings. The van der Waals surface area contributed by atoms with Crippen LogP contribution in [0.25, 0.3) is 0 Å². The first-order valence-electron chi connectivity index (χ1n) is 7.70. The molecule has 2 heterocycles. The fourth-order valence-electron chi connectivity index (χ4n) is 2.58. The minimum Gasteiger partial charge on any atom is -0.347 e. The van der Waals surface area contributed by atoms with Gasteiger partial charge in [0, 0.05) is 23.9 Å². The van der Waals surface area contributed by atoms with Crippen LogP contribution in [-0.2, 0) is 6.54 Å². The van der Waals surface area contributed by atoms with Crippen molar-refractivity contribution in [2.45, 2.75) is 58.0 Å². The van der Waals surface area contributed by atoms with E-state index in [1.165, 1.54) is 31.5 Å². The molecule has 2 fully saturated rings. The van der Waals surface area contributed by atoms with Crippen LogP contribution in [0.5, 0.6) is 0 Å². The topological polar surface area (TPSA) is 68.5 Å². The molecular weight excluding hydrogens is 264 g/mol. The Morgan fingerprint density at radius 1 is 1.19 bits per heavy atom. The third kappa shape index (κ3) is 2.50. The van der Waals surface area contributed by atoms with Gasteiger partial charge in [-0.15, -0.1) is 10.2 Å². The highest BCUT2D eigenvalue weighted by molar-refractivity contribution is 5.29. The zero-order valence-electron chi connectivity index (χ0n) is 12.5. The summed E-state index contributed by atoms with van der Waals surface area (Å²) in [7, 11) is 0. The van der Waals surface area contributed by atoms with Crippen LogP contribution in [0, 0.1) is 13.8 Å². The molecule has 21 heavy (non-hydrogen) atoms. The van der Waals surface area contributed by atoms with Crippen LogP contribution in [0.4, 0.5) is 5.95 Å². The molecule has 6 nitrogen and oxygen atoms in total. The van der Waals surface area contributed by atoms with Crippen molar-refractivity contribution in [3.63, 3.8) is 0 Å². The van der Waals surface area contributed by atoms with Crippen molar-refractivity contribution in [1.29, 1.82) is 0 Å². The van der Waals surface area contributed by atoms with Gasteiger partial charge in [-0.3, -0.25) is 0 Å². The van der Waals surface area contributed by atoms with Crippen molar-refractivity contribution in [2.24, 2.45) is 0 Å². The Morgan fingerprint density at radius 2 is 2.00 bits per heavy atom. The van der Waals surface area contributed by atoms with E-state index in [0.717, 1.165) is 17.1 Å². The summed E-state index contributed by atoms with van der Waals surface area (Å²) in [5.74, 6) is 3.51. The van der Waals surface area contributed by atoms with E-state index in [1.807, 2.05) is 20.0 Å². The van der Waals surface area contributed by atoms with Crippen LogP contribution in [0.2, 0.25) is 0 Å². The van der Waals surface area contributed by atoms with Crippen molar-refractivity contribution in [2.75, 3.05) is 5.32 Å². The van der Waals surface area contributed by atoms with E-state index in [-0.39, 0.29) is 0 Å². The van der Waals surface area contributed by atoms with Gasteiger partial charge in [0.05, 0.1) is 6.54 Å². The summed E-state index contributed by atoms with van der Waals surface area (Å²) in [5, 5.41) is 12.1. The van der Waals surface area contributed by atoms with Crippen molar-refractivity contribution >= 4 is 5.95 Å². The third-order valence-corrected chi connectivity index (χ3v) is 4.28. The number of anilines is 1. The van der Waals surface area contributed by atoms with Gasteiger partial charge in [0.2, 0.25) is 5.95 Å². The molecular formula is C15H20N6. The van der Waals surface area contributed by atoms with Crippen LogP contribution >= 0.6 is 0 Å². The standard InChI is InChI=1S/C15H20N6/c1-9-7-16-15(18-10(9)2)17-8-13-19-20-14(11-3-4-11)21(13)12-5-6-12/h7,11-12H,3-6,8H2,1-2H3,(H,16,17,18). The molecule has 2 saturated carbocycles. The average Bonchev–Trinajstić information content (AvgIpc) is 3.39. The molecule has 4 rings (SSSR count). The van der Waals surface area contributed by atoms with Gasteiger partial charge in [0.15, 0.2) is 5.82 Å². The Hall–Kier alpha value is -1.98. The van der Waals surface area contributed by atoms with Gasteiger partial charge < -0.3 is 9.88 Å². The number of aromatic nitrogens is 5. The SMILES string of the molecule is Cc1cnc(NCc2nnc(C3CC3)n2C2CC2)nc1C. The first-order chi connectivity index (χ1) is 10.2. The Morgan fingerprint density at radius 3 is 2.67 bits per heavy atom.